The Morgan fingerprint density at radius 1 is 1.31 bits per heavy atom. The third-order valence-electron chi connectivity index (χ3n) is 4.59. The van der Waals surface area contributed by atoms with E-state index in [-0.39, 0.29) is 30.2 Å². The zero-order chi connectivity index (χ0) is 18.5. The minimum absolute atomic E-state index is 0.0355. The lowest BCUT2D eigenvalue weighted by Crippen LogP contribution is -2.52. The molecule has 0 radical (unpaired) electrons. The van der Waals surface area contributed by atoms with Gasteiger partial charge < -0.3 is 19.4 Å². The van der Waals surface area contributed by atoms with E-state index in [2.05, 4.69) is 10.6 Å². The Bertz CT molecular complexity index is 927. The maximum Gasteiger partial charge on any atom is 0.322 e. The summed E-state index contributed by atoms with van der Waals surface area (Å²) in [5.74, 6) is -1.82. The van der Waals surface area contributed by atoms with Gasteiger partial charge in [-0.3, -0.25) is 14.9 Å². The Morgan fingerprint density at radius 2 is 2.12 bits per heavy atom. The van der Waals surface area contributed by atoms with Crippen LogP contribution in [-0.2, 0) is 16.9 Å². The average Bonchev–Trinajstić information content (AvgIpc) is 3.29. The van der Waals surface area contributed by atoms with Gasteiger partial charge in [-0.15, -0.1) is 0 Å². The molecular weight excluding hydrogens is 345 g/mol. The smallest absolute Gasteiger partial charge is 0.322 e. The van der Waals surface area contributed by atoms with Crippen LogP contribution in [0.25, 0.3) is 0 Å². The predicted molar refractivity (Wildman–Crippen MR) is 84.8 cm³/mol. The Balaban J connectivity index is 1.70. The van der Waals surface area contributed by atoms with Crippen LogP contribution in [0, 0.1) is 5.82 Å². The number of rotatable bonds is 4. The van der Waals surface area contributed by atoms with Crippen molar-refractivity contribution in [2.24, 2.45) is 0 Å². The number of halogens is 1. The summed E-state index contributed by atoms with van der Waals surface area (Å²) in [5, 5.41) is 4.68. The summed E-state index contributed by atoms with van der Waals surface area (Å²) in [4.78, 5) is 38.2. The lowest BCUT2D eigenvalue weighted by atomic mass is 9.95. The van der Waals surface area contributed by atoms with E-state index in [0.717, 1.165) is 0 Å². The molecule has 0 aliphatic carbocycles. The van der Waals surface area contributed by atoms with Gasteiger partial charge in [0.2, 0.25) is 0 Å². The fourth-order valence-electron chi connectivity index (χ4n) is 3.34. The molecule has 1 atom stereocenters. The largest absolute Gasteiger partial charge is 0.494 e. The number of ether oxygens (including phenoxy) is 1. The first-order valence-electron chi connectivity index (χ1n) is 7.78. The van der Waals surface area contributed by atoms with Crippen molar-refractivity contribution >= 4 is 17.8 Å². The molecule has 1 aromatic carbocycles. The maximum atomic E-state index is 14.5. The second kappa shape index (κ2) is 5.58. The summed E-state index contributed by atoms with van der Waals surface area (Å²) in [5.41, 5.74) is -1.19. The van der Waals surface area contributed by atoms with E-state index in [1.807, 2.05) is 0 Å². The van der Waals surface area contributed by atoms with Crippen molar-refractivity contribution < 1.29 is 27.9 Å². The van der Waals surface area contributed by atoms with E-state index in [9.17, 15) is 18.8 Å². The molecule has 9 heteroatoms. The Hall–Kier alpha value is -3.36. The van der Waals surface area contributed by atoms with Crippen molar-refractivity contribution in [3.05, 3.63) is 53.2 Å². The SMILES string of the molecule is COc1ccc2c(c1F)C(=O)N(CC1(c3ccco3)NC(=O)NC1=O)C2. The van der Waals surface area contributed by atoms with Crippen LogP contribution in [-0.4, -0.2) is 36.4 Å². The second-order valence-electron chi connectivity index (χ2n) is 6.07. The van der Waals surface area contributed by atoms with Crippen LogP contribution < -0.4 is 15.4 Å². The highest BCUT2D eigenvalue weighted by Crippen LogP contribution is 2.34. The van der Waals surface area contributed by atoms with Crippen molar-refractivity contribution in [2.45, 2.75) is 12.1 Å². The molecule has 2 aliphatic heterocycles. The van der Waals surface area contributed by atoms with Crippen LogP contribution in [0.3, 0.4) is 0 Å². The molecule has 134 valence electrons. The molecule has 2 aromatic rings. The molecule has 2 N–H and O–H groups in total. The van der Waals surface area contributed by atoms with E-state index in [0.29, 0.717) is 5.56 Å². The number of urea groups is 1. The number of fused-ring (bicyclic) bond motifs is 1. The van der Waals surface area contributed by atoms with Gasteiger partial charge in [-0.1, -0.05) is 6.07 Å². The summed E-state index contributed by atoms with van der Waals surface area (Å²) in [6.45, 7) is -0.103. The first-order chi connectivity index (χ1) is 12.5. The van der Waals surface area contributed by atoms with Crippen molar-refractivity contribution in [3.63, 3.8) is 0 Å². The molecule has 0 spiro atoms. The van der Waals surface area contributed by atoms with Gasteiger partial charge in [-0.2, -0.15) is 0 Å². The average molecular weight is 359 g/mol. The number of nitrogens with zero attached hydrogens (tertiary/aromatic N) is 1. The van der Waals surface area contributed by atoms with Crippen LogP contribution in [0.5, 0.6) is 5.75 Å². The van der Waals surface area contributed by atoms with Crippen molar-refractivity contribution in [2.75, 3.05) is 13.7 Å². The fourth-order valence-corrected chi connectivity index (χ4v) is 3.34. The van der Waals surface area contributed by atoms with Crippen molar-refractivity contribution in [1.29, 1.82) is 0 Å². The Kier molecular flexibility index (Phi) is 3.46. The summed E-state index contributed by atoms with van der Waals surface area (Å²) in [7, 11) is 1.31. The van der Waals surface area contributed by atoms with Crippen molar-refractivity contribution in [3.8, 4) is 5.75 Å². The molecule has 3 heterocycles. The highest BCUT2D eigenvalue weighted by molar-refractivity contribution is 6.08. The number of imide groups is 1. The first-order valence-corrected chi connectivity index (χ1v) is 7.78. The molecule has 0 bridgehead atoms. The summed E-state index contributed by atoms with van der Waals surface area (Å²) >= 11 is 0. The second-order valence-corrected chi connectivity index (χ2v) is 6.07. The van der Waals surface area contributed by atoms with Gasteiger partial charge in [0.25, 0.3) is 11.8 Å². The lowest BCUT2D eigenvalue weighted by molar-refractivity contribution is -0.125. The van der Waals surface area contributed by atoms with Crippen LogP contribution in [0.4, 0.5) is 9.18 Å². The molecule has 4 amide bonds. The van der Waals surface area contributed by atoms with Gasteiger partial charge in [0.1, 0.15) is 5.76 Å². The topological polar surface area (TPSA) is 101 Å². The van der Waals surface area contributed by atoms with E-state index in [1.165, 1.54) is 30.4 Å². The number of methoxy groups -OCH3 is 1. The van der Waals surface area contributed by atoms with Gasteiger partial charge in [0.15, 0.2) is 17.1 Å². The number of benzene rings is 1. The van der Waals surface area contributed by atoms with Crippen LogP contribution in [0.2, 0.25) is 0 Å². The quantitative estimate of drug-likeness (QED) is 0.797. The molecule has 1 fully saturated rings. The highest BCUT2D eigenvalue weighted by Gasteiger charge is 2.52. The van der Waals surface area contributed by atoms with Crippen LogP contribution in [0.15, 0.2) is 34.9 Å². The fraction of sp³-hybridized carbons (Fsp3) is 0.235. The van der Waals surface area contributed by atoms with Gasteiger partial charge in [0.05, 0.1) is 25.5 Å². The first kappa shape index (κ1) is 16.1. The predicted octanol–water partition coefficient (Wildman–Crippen LogP) is 1.12. The monoisotopic (exact) mass is 359 g/mol. The van der Waals surface area contributed by atoms with Gasteiger partial charge >= 0.3 is 6.03 Å². The standard InChI is InChI=1S/C17H14FN3O5/c1-25-10-5-4-9-7-21(14(22)12(9)13(10)18)8-17(11-3-2-6-26-11)15(23)19-16(24)20-17/h2-6H,7-8H2,1H3,(H2,19,20,23,24). The zero-order valence-corrected chi connectivity index (χ0v) is 13.7. The third kappa shape index (κ3) is 2.17. The van der Waals surface area contributed by atoms with Gasteiger partial charge in [0, 0.05) is 6.54 Å². The minimum atomic E-state index is -1.57. The number of furan rings is 1. The van der Waals surface area contributed by atoms with Crippen molar-refractivity contribution in [1.82, 2.24) is 15.5 Å². The molecular formula is C17H14FN3O5. The molecule has 26 heavy (non-hydrogen) atoms. The minimum Gasteiger partial charge on any atom is -0.494 e. The number of nitrogens with one attached hydrogen (secondary N) is 2. The van der Waals surface area contributed by atoms with Gasteiger partial charge in [-0.25, -0.2) is 9.18 Å². The molecule has 0 saturated carbocycles. The van der Waals surface area contributed by atoms with Crippen LogP contribution >= 0.6 is 0 Å². The van der Waals surface area contributed by atoms with E-state index in [4.69, 9.17) is 9.15 Å². The zero-order valence-electron chi connectivity index (χ0n) is 13.7. The summed E-state index contributed by atoms with van der Waals surface area (Å²) in [6.07, 6.45) is 1.36. The molecule has 1 saturated heterocycles. The Labute approximate surface area is 146 Å². The van der Waals surface area contributed by atoms with Gasteiger partial charge in [-0.05, 0) is 23.8 Å². The lowest BCUT2D eigenvalue weighted by Gasteiger charge is -2.28. The number of amides is 4. The summed E-state index contributed by atoms with van der Waals surface area (Å²) in [6, 6.07) is 5.45. The third-order valence-corrected chi connectivity index (χ3v) is 4.59. The molecule has 8 nitrogen and oxygen atoms in total. The van der Waals surface area contributed by atoms with E-state index < -0.39 is 29.2 Å². The van der Waals surface area contributed by atoms with E-state index in [1.54, 1.807) is 12.1 Å². The Morgan fingerprint density at radius 3 is 2.73 bits per heavy atom. The van der Waals surface area contributed by atoms with Crippen LogP contribution in [0.1, 0.15) is 21.7 Å². The molecule has 1 unspecified atom stereocenters. The molecule has 1 aromatic heterocycles. The van der Waals surface area contributed by atoms with E-state index >= 15 is 0 Å². The normalized spacial score (nSPS) is 21.6. The molecule has 4 rings (SSSR count). The number of carbonyl (C=O) groups excluding carboxylic acids is 3. The summed E-state index contributed by atoms with van der Waals surface area (Å²) < 4.78 is 24.7. The highest BCUT2D eigenvalue weighted by atomic mass is 19.1. The number of carbonyl (C=O) groups is 3. The maximum absolute atomic E-state index is 14.5. The number of hydrogen-bond donors (Lipinski definition) is 2. The molecule has 2 aliphatic rings. The number of hydrogen-bond acceptors (Lipinski definition) is 5.